The van der Waals surface area contributed by atoms with E-state index < -0.39 is 21.7 Å². The fraction of sp³-hybridized carbons (Fsp3) is 0.0800. The fourth-order valence-corrected chi connectivity index (χ4v) is 6.25. The Morgan fingerprint density at radius 1 is 1.00 bits per heavy atom. The van der Waals surface area contributed by atoms with Crippen molar-refractivity contribution in [2.75, 3.05) is 23.8 Å². The Labute approximate surface area is 201 Å². The summed E-state index contributed by atoms with van der Waals surface area (Å²) in [4.78, 5) is 13.0. The number of halogens is 1. The summed E-state index contributed by atoms with van der Waals surface area (Å²) < 4.78 is 47.6. The minimum atomic E-state index is -4.16. The first-order chi connectivity index (χ1) is 16.3. The number of nitrogens with zero attached hydrogens (tertiary/aromatic N) is 1. The van der Waals surface area contributed by atoms with Crippen molar-refractivity contribution in [1.82, 2.24) is 0 Å². The minimum Gasteiger partial charge on any atom is -0.497 e. The van der Waals surface area contributed by atoms with Crippen LogP contribution in [0.5, 0.6) is 5.75 Å². The third-order valence-corrected chi connectivity index (χ3v) is 8.15. The van der Waals surface area contributed by atoms with Gasteiger partial charge in [0.05, 0.1) is 12.8 Å². The molecule has 4 aromatic rings. The SMILES string of the molecule is COc1ccc(N(C)S(=O)(=O)c2c(-c3ccccc3)csc2C(=O)Nc2cccc(F)c2)cc1. The lowest BCUT2D eigenvalue weighted by atomic mass is 10.1. The number of amides is 1. The van der Waals surface area contributed by atoms with E-state index in [9.17, 15) is 17.6 Å². The molecule has 0 aliphatic rings. The molecular weight excluding hydrogens is 475 g/mol. The van der Waals surface area contributed by atoms with Crippen LogP contribution in [0.15, 0.2) is 89.1 Å². The highest BCUT2D eigenvalue weighted by Crippen LogP contribution is 2.38. The Bertz CT molecular complexity index is 1420. The first kappa shape index (κ1) is 23.5. The van der Waals surface area contributed by atoms with Crippen LogP contribution in [0.4, 0.5) is 15.8 Å². The summed E-state index contributed by atoms with van der Waals surface area (Å²) in [5, 5.41) is 4.25. The second-order valence-electron chi connectivity index (χ2n) is 7.31. The molecule has 0 aliphatic carbocycles. The third kappa shape index (κ3) is 4.66. The van der Waals surface area contributed by atoms with E-state index in [2.05, 4.69) is 5.32 Å². The average molecular weight is 497 g/mol. The first-order valence-corrected chi connectivity index (χ1v) is 12.5. The van der Waals surface area contributed by atoms with Gasteiger partial charge in [-0.3, -0.25) is 9.10 Å². The van der Waals surface area contributed by atoms with E-state index in [1.165, 1.54) is 38.4 Å². The van der Waals surface area contributed by atoms with Gasteiger partial charge in [-0.1, -0.05) is 36.4 Å². The molecule has 6 nitrogen and oxygen atoms in total. The number of rotatable bonds is 7. The normalized spacial score (nSPS) is 11.1. The van der Waals surface area contributed by atoms with E-state index in [1.807, 2.05) is 6.07 Å². The highest BCUT2D eigenvalue weighted by Gasteiger charge is 2.32. The quantitative estimate of drug-likeness (QED) is 0.359. The summed E-state index contributed by atoms with van der Waals surface area (Å²) in [6.07, 6.45) is 0. The molecule has 0 saturated heterocycles. The summed E-state index contributed by atoms with van der Waals surface area (Å²) in [5.41, 5.74) is 1.70. The summed E-state index contributed by atoms with van der Waals surface area (Å²) in [6.45, 7) is 0. The van der Waals surface area contributed by atoms with Gasteiger partial charge >= 0.3 is 0 Å². The van der Waals surface area contributed by atoms with E-state index in [0.717, 1.165) is 15.6 Å². The molecule has 174 valence electrons. The molecule has 3 aromatic carbocycles. The topological polar surface area (TPSA) is 75.7 Å². The van der Waals surface area contributed by atoms with Crippen LogP contribution in [0, 0.1) is 5.82 Å². The average Bonchev–Trinajstić information content (AvgIpc) is 3.31. The minimum absolute atomic E-state index is 0.00322. The maximum absolute atomic E-state index is 13.8. The Balaban J connectivity index is 1.81. The number of methoxy groups -OCH3 is 1. The number of carbonyl (C=O) groups is 1. The number of anilines is 2. The Hall–Kier alpha value is -3.69. The molecule has 1 amide bonds. The van der Waals surface area contributed by atoms with Gasteiger partial charge in [-0.05, 0) is 48.0 Å². The van der Waals surface area contributed by atoms with Crippen molar-refractivity contribution >= 4 is 38.6 Å². The first-order valence-electron chi connectivity index (χ1n) is 10.2. The molecule has 0 fully saturated rings. The number of benzene rings is 3. The van der Waals surface area contributed by atoms with Crippen LogP contribution >= 0.6 is 11.3 Å². The van der Waals surface area contributed by atoms with Crippen molar-refractivity contribution < 1.29 is 22.3 Å². The molecule has 4 rings (SSSR count). The molecule has 0 saturated carbocycles. The van der Waals surface area contributed by atoms with Crippen molar-refractivity contribution in [3.8, 4) is 16.9 Å². The van der Waals surface area contributed by atoms with Gasteiger partial charge in [-0.15, -0.1) is 11.3 Å². The predicted octanol–water partition coefficient (Wildman–Crippen LogP) is 5.64. The molecule has 0 spiro atoms. The zero-order chi connectivity index (χ0) is 24.3. The number of hydrogen-bond acceptors (Lipinski definition) is 5. The van der Waals surface area contributed by atoms with Crippen molar-refractivity contribution in [2.45, 2.75) is 4.90 Å². The number of nitrogens with one attached hydrogen (secondary N) is 1. The van der Waals surface area contributed by atoms with Crippen LogP contribution in [0.3, 0.4) is 0 Å². The van der Waals surface area contributed by atoms with Gasteiger partial charge in [0.15, 0.2) is 0 Å². The summed E-state index contributed by atoms with van der Waals surface area (Å²) in [6, 6.07) is 21.0. The van der Waals surface area contributed by atoms with Gasteiger partial charge in [-0.25, -0.2) is 12.8 Å². The van der Waals surface area contributed by atoms with E-state index in [4.69, 9.17) is 4.74 Å². The molecule has 1 N–H and O–H groups in total. The van der Waals surface area contributed by atoms with E-state index in [-0.39, 0.29) is 15.5 Å². The van der Waals surface area contributed by atoms with Gasteiger partial charge in [0, 0.05) is 23.7 Å². The smallest absolute Gasteiger partial charge is 0.267 e. The summed E-state index contributed by atoms with van der Waals surface area (Å²) in [5.74, 6) is -0.564. The van der Waals surface area contributed by atoms with Crippen molar-refractivity contribution in [3.05, 3.63) is 94.9 Å². The standard InChI is InChI=1S/C25H21FN2O4S2/c1-28(20-11-13-21(32-2)14-12-20)34(30,31)24-22(17-7-4-3-5-8-17)16-33-23(24)25(29)27-19-10-6-9-18(26)15-19/h3-16H,1-2H3,(H,27,29). The number of ether oxygens (including phenoxy) is 1. The highest BCUT2D eigenvalue weighted by molar-refractivity contribution is 7.93. The molecule has 0 atom stereocenters. The lowest BCUT2D eigenvalue weighted by Gasteiger charge is -2.21. The monoisotopic (exact) mass is 496 g/mol. The molecular formula is C25H21FN2O4S2. The van der Waals surface area contributed by atoms with Crippen molar-refractivity contribution in [2.24, 2.45) is 0 Å². The molecule has 0 unspecified atom stereocenters. The van der Waals surface area contributed by atoms with Gasteiger partial charge in [0.25, 0.3) is 15.9 Å². The molecule has 34 heavy (non-hydrogen) atoms. The van der Waals surface area contributed by atoms with E-state index in [1.54, 1.807) is 53.9 Å². The number of hydrogen-bond donors (Lipinski definition) is 1. The third-order valence-electron chi connectivity index (χ3n) is 5.17. The molecule has 9 heteroatoms. The molecule has 1 aromatic heterocycles. The van der Waals surface area contributed by atoms with Crippen LogP contribution in [0.25, 0.3) is 11.1 Å². The zero-order valence-corrected chi connectivity index (χ0v) is 20.0. The lowest BCUT2D eigenvalue weighted by molar-refractivity contribution is 0.102. The Morgan fingerprint density at radius 2 is 1.71 bits per heavy atom. The van der Waals surface area contributed by atoms with E-state index >= 15 is 0 Å². The Kier molecular flexibility index (Phi) is 6.67. The number of carbonyl (C=O) groups excluding carboxylic acids is 1. The van der Waals surface area contributed by atoms with Crippen LogP contribution in [0.1, 0.15) is 9.67 Å². The molecule has 0 bridgehead atoms. The van der Waals surface area contributed by atoms with Crippen LogP contribution in [-0.4, -0.2) is 28.5 Å². The number of sulfonamides is 1. The van der Waals surface area contributed by atoms with E-state index in [0.29, 0.717) is 22.6 Å². The molecule has 1 heterocycles. The highest BCUT2D eigenvalue weighted by atomic mass is 32.2. The molecule has 0 aliphatic heterocycles. The van der Waals surface area contributed by atoms with Gasteiger partial charge in [0.1, 0.15) is 21.3 Å². The Morgan fingerprint density at radius 3 is 2.35 bits per heavy atom. The van der Waals surface area contributed by atoms with Crippen LogP contribution in [0.2, 0.25) is 0 Å². The van der Waals surface area contributed by atoms with Gasteiger partial charge in [0.2, 0.25) is 0 Å². The summed E-state index contributed by atoms with van der Waals surface area (Å²) >= 11 is 1.02. The van der Waals surface area contributed by atoms with Crippen LogP contribution < -0.4 is 14.4 Å². The summed E-state index contributed by atoms with van der Waals surface area (Å²) in [7, 11) is -1.20. The number of thiophene rings is 1. The second-order valence-corrected chi connectivity index (χ2v) is 10.1. The lowest BCUT2D eigenvalue weighted by Crippen LogP contribution is -2.28. The maximum Gasteiger partial charge on any atom is 0.267 e. The fourth-order valence-electron chi connectivity index (χ4n) is 3.40. The van der Waals surface area contributed by atoms with Crippen molar-refractivity contribution in [3.63, 3.8) is 0 Å². The van der Waals surface area contributed by atoms with Crippen LogP contribution in [-0.2, 0) is 10.0 Å². The second kappa shape index (κ2) is 9.66. The van der Waals surface area contributed by atoms with Gasteiger partial charge < -0.3 is 10.1 Å². The maximum atomic E-state index is 13.8. The largest absolute Gasteiger partial charge is 0.497 e. The zero-order valence-electron chi connectivity index (χ0n) is 18.4. The van der Waals surface area contributed by atoms with Crippen molar-refractivity contribution in [1.29, 1.82) is 0 Å². The predicted molar refractivity (Wildman–Crippen MR) is 133 cm³/mol. The molecule has 0 radical (unpaired) electrons. The van der Waals surface area contributed by atoms with Gasteiger partial charge in [-0.2, -0.15) is 0 Å².